The van der Waals surface area contributed by atoms with Crippen molar-refractivity contribution in [3.05, 3.63) is 47.7 Å². The number of benzene rings is 1. The summed E-state index contributed by atoms with van der Waals surface area (Å²) in [5, 5.41) is 7.44. The molecular formula is C19H25N3O3. The van der Waals surface area contributed by atoms with Crippen LogP contribution in [0, 0.1) is 6.92 Å². The molecule has 1 aliphatic rings. The largest absolute Gasteiger partial charge is 0.348 e. The average molecular weight is 343 g/mol. The van der Waals surface area contributed by atoms with Crippen LogP contribution in [0.25, 0.3) is 0 Å². The standard InChI is InChI=1S/C19H25N3O3/c1-13-12-16(22(21-13)19(2,3)4)20-17(23)15-10-11-24-18(25-15)14-8-6-5-7-9-14/h5-9,12,15,18H,10-11H2,1-4H3,(H,20,23). The van der Waals surface area contributed by atoms with Crippen LogP contribution in [0.15, 0.2) is 36.4 Å². The molecule has 1 fully saturated rings. The fraction of sp³-hybridized carbons (Fsp3) is 0.474. The fourth-order valence-electron chi connectivity index (χ4n) is 2.82. The molecule has 1 aromatic carbocycles. The number of hydrogen-bond donors (Lipinski definition) is 1. The fourth-order valence-corrected chi connectivity index (χ4v) is 2.82. The van der Waals surface area contributed by atoms with Gasteiger partial charge in [-0.05, 0) is 27.7 Å². The molecule has 1 saturated heterocycles. The third-order valence-electron chi connectivity index (χ3n) is 4.02. The van der Waals surface area contributed by atoms with E-state index >= 15 is 0 Å². The van der Waals surface area contributed by atoms with Crippen molar-refractivity contribution < 1.29 is 14.3 Å². The summed E-state index contributed by atoms with van der Waals surface area (Å²) in [6.07, 6.45) is -0.541. The van der Waals surface area contributed by atoms with E-state index in [9.17, 15) is 4.79 Å². The van der Waals surface area contributed by atoms with E-state index in [-0.39, 0.29) is 11.4 Å². The van der Waals surface area contributed by atoms with Gasteiger partial charge < -0.3 is 14.8 Å². The Kier molecular flexibility index (Phi) is 4.92. The number of rotatable bonds is 3. The molecule has 0 aliphatic carbocycles. The van der Waals surface area contributed by atoms with Crippen LogP contribution in [-0.4, -0.2) is 28.4 Å². The molecule has 0 radical (unpaired) electrons. The Morgan fingerprint density at radius 2 is 2.00 bits per heavy atom. The maximum Gasteiger partial charge on any atom is 0.254 e. The van der Waals surface area contributed by atoms with Gasteiger partial charge in [0.2, 0.25) is 0 Å². The zero-order valence-electron chi connectivity index (χ0n) is 15.2. The summed E-state index contributed by atoms with van der Waals surface area (Å²) >= 11 is 0. The Morgan fingerprint density at radius 3 is 2.68 bits per heavy atom. The van der Waals surface area contributed by atoms with Crippen LogP contribution in [0.1, 0.15) is 44.7 Å². The predicted molar refractivity (Wildman–Crippen MR) is 95.2 cm³/mol. The van der Waals surface area contributed by atoms with Crippen LogP contribution in [0.2, 0.25) is 0 Å². The van der Waals surface area contributed by atoms with E-state index < -0.39 is 12.4 Å². The molecule has 134 valence electrons. The molecule has 1 N–H and O–H groups in total. The summed E-state index contributed by atoms with van der Waals surface area (Å²) in [4.78, 5) is 12.7. The summed E-state index contributed by atoms with van der Waals surface area (Å²) < 4.78 is 13.4. The minimum atomic E-state index is -0.553. The Morgan fingerprint density at radius 1 is 1.28 bits per heavy atom. The van der Waals surface area contributed by atoms with E-state index in [1.165, 1.54) is 0 Å². The maximum absolute atomic E-state index is 12.7. The molecule has 6 nitrogen and oxygen atoms in total. The molecule has 2 aromatic rings. The van der Waals surface area contributed by atoms with Gasteiger partial charge in [-0.15, -0.1) is 0 Å². The molecule has 2 unspecified atom stereocenters. The van der Waals surface area contributed by atoms with E-state index in [1.807, 2.05) is 68.8 Å². The molecule has 0 bridgehead atoms. The van der Waals surface area contributed by atoms with Crippen molar-refractivity contribution in [2.24, 2.45) is 0 Å². The Bertz CT molecular complexity index is 734. The normalized spacial score (nSPS) is 21.1. The molecule has 3 rings (SSSR count). The molecule has 1 amide bonds. The van der Waals surface area contributed by atoms with Crippen molar-refractivity contribution in [3.8, 4) is 0 Å². The van der Waals surface area contributed by atoms with Gasteiger partial charge in [0.15, 0.2) is 6.29 Å². The first-order valence-electron chi connectivity index (χ1n) is 8.54. The molecule has 25 heavy (non-hydrogen) atoms. The highest BCUT2D eigenvalue weighted by atomic mass is 16.7. The van der Waals surface area contributed by atoms with Crippen molar-refractivity contribution in [1.29, 1.82) is 0 Å². The van der Waals surface area contributed by atoms with Crippen molar-refractivity contribution in [2.45, 2.75) is 52.0 Å². The molecule has 1 aliphatic heterocycles. The number of amides is 1. The van der Waals surface area contributed by atoms with Crippen LogP contribution in [0.4, 0.5) is 5.82 Å². The Hall–Kier alpha value is -2.18. The highest BCUT2D eigenvalue weighted by molar-refractivity contribution is 5.93. The van der Waals surface area contributed by atoms with Gasteiger partial charge in [-0.25, -0.2) is 4.68 Å². The summed E-state index contributed by atoms with van der Waals surface area (Å²) in [6.45, 7) is 8.53. The number of aromatic nitrogens is 2. The summed E-state index contributed by atoms with van der Waals surface area (Å²) in [5.74, 6) is 0.510. The van der Waals surface area contributed by atoms with Crippen molar-refractivity contribution >= 4 is 11.7 Å². The topological polar surface area (TPSA) is 65.4 Å². The lowest BCUT2D eigenvalue weighted by Crippen LogP contribution is -2.38. The van der Waals surface area contributed by atoms with E-state index in [4.69, 9.17) is 9.47 Å². The van der Waals surface area contributed by atoms with Gasteiger partial charge in [-0.1, -0.05) is 30.3 Å². The van der Waals surface area contributed by atoms with E-state index in [0.717, 1.165) is 11.3 Å². The lowest BCUT2D eigenvalue weighted by Gasteiger charge is -2.30. The minimum absolute atomic E-state index is 0.172. The molecule has 0 spiro atoms. The second-order valence-electron chi connectivity index (χ2n) is 7.27. The quantitative estimate of drug-likeness (QED) is 0.928. The SMILES string of the molecule is Cc1cc(NC(=O)C2CCOC(c3ccccc3)O2)n(C(C)(C)C)n1. The number of ether oxygens (including phenoxy) is 2. The monoisotopic (exact) mass is 343 g/mol. The molecule has 6 heteroatoms. The van der Waals surface area contributed by atoms with Crippen LogP contribution >= 0.6 is 0 Å². The lowest BCUT2D eigenvalue weighted by atomic mass is 10.1. The number of aryl methyl sites for hydroxylation is 1. The number of nitrogens with zero attached hydrogens (tertiary/aromatic N) is 2. The van der Waals surface area contributed by atoms with E-state index in [0.29, 0.717) is 18.8 Å². The number of anilines is 1. The van der Waals surface area contributed by atoms with E-state index in [1.54, 1.807) is 0 Å². The highest BCUT2D eigenvalue weighted by Gasteiger charge is 2.30. The number of hydrogen-bond acceptors (Lipinski definition) is 4. The van der Waals surface area contributed by atoms with Crippen molar-refractivity contribution in [1.82, 2.24) is 9.78 Å². The predicted octanol–water partition coefficient (Wildman–Crippen LogP) is 3.39. The van der Waals surface area contributed by atoms with Crippen LogP contribution < -0.4 is 5.32 Å². The van der Waals surface area contributed by atoms with Gasteiger partial charge in [0, 0.05) is 18.1 Å². The van der Waals surface area contributed by atoms with Crippen LogP contribution in [0.5, 0.6) is 0 Å². The van der Waals surface area contributed by atoms with Gasteiger partial charge in [-0.2, -0.15) is 5.10 Å². The number of nitrogens with one attached hydrogen (secondary N) is 1. The first-order chi connectivity index (χ1) is 11.8. The van der Waals surface area contributed by atoms with Crippen LogP contribution in [0.3, 0.4) is 0 Å². The van der Waals surface area contributed by atoms with E-state index in [2.05, 4.69) is 10.4 Å². The zero-order chi connectivity index (χ0) is 18.0. The number of carbonyl (C=O) groups is 1. The minimum Gasteiger partial charge on any atom is -0.348 e. The summed E-state index contributed by atoms with van der Waals surface area (Å²) in [6, 6.07) is 11.5. The third kappa shape index (κ3) is 4.08. The smallest absolute Gasteiger partial charge is 0.254 e. The van der Waals surface area contributed by atoms with Gasteiger partial charge >= 0.3 is 0 Å². The zero-order valence-corrected chi connectivity index (χ0v) is 15.2. The van der Waals surface area contributed by atoms with Crippen molar-refractivity contribution in [3.63, 3.8) is 0 Å². The first kappa shape index (κ1) is 17.6. The number of carbonyl (C=O) groups excluding carboxylic acids is 1. The third-order valence-corrected chi connectivity index (χ3v) is 4.02. The second-order valence-corrected chi connectivity index (χ2v) is 7.27. The Balaban J connectivity index is 1.72. The molecule has 2 atom stereocenters. The lowest BCUT2D eigenvalue weighted by molar-refractivity contribution is -0.214. The van der Waals surface area contributed by atoms with Crippen LogP contribution in [-0.2, 0) is 19.8 Å². The second kappa shape index (κ2) is 6.98. The summed E-state index contributed by atoms with van der Waals surface area (Å²) in [7, 11) is 0. The molecule has 2 heterocycles. The van der Waals surface area contributed by atoms with Gasteiger partial charge in [0.1, 0.15) is 11.9 Å². The first-order valence-corrected chi connectivity index (χ1v) is 8.54. The van der Waals surface area contributed by atoms with Gasteiger partial charge in [0.25, 0.3) is 5.91 Å². The molecular weight excluding hydrogens is 318 g/mol. The molecule has 1 aromatic heterocycles. The Labute approximate surface area is 148 Å². The van der Waals surface area contributed by atoms with Gasteiger partial charge in [-0.3, -0.25) is 4.79 Å². The maximum atomic E-state index is 12.7. The van der Waals surface area contributed by atoms with Crippen molar-refractivity contribution in [2.75, 3.05) is 11.9 Å². The highest BCUT2D eigenvalue weighted by Crippen LogP contribution is 2.27. The molecule has 0 saturated carbocycles. The van der Waals surface area contributed by atoms with Gasteiger partial charge in [0.05, 0.1) is 17.8 Å². The average Bonchev–Trinajstić information content (AvgIpc) is 2.96. The summed E-state index contributed by atoms with van der Waals surface area (Å²) in [5.41, 5.74) is 1.55.